The molecular formula is C8H6ClF2NO2. The summed E-state index contributed by atoms with van der Waals surface area (Å²) in [4.78, 5) is 23.8. The van der Waals surface area contributed by atoms with E-state index in [0.29, 0.717) is 12.4 Å². The number of aldehydes is 1. The number of carbonyl (C=O) groups is 1. The van der Waals surface area contributed by atoms with E-state index in [1.54, 1.807) is 0 Å². The van der Waals surface area contributed by atoms with Crippen molar-refractivity contribution in [3.63, 3.8) is 0 Å². The molecule has 0 aromatic carbocycles. The van der Waals surface area contributed by atoms with E-state index in [1.807, 2.05) is 0 Å². The van der Waals surface area contributed by atoms with E-state index in [9.17, 15) is 18.4 Å². The second-order valence-corrected chi connectivity index (χ2v) is 2.80. The molecule has 0 aliphatic rings. The zero-order valence-corrected chi connectivity index (χ0v) is 7.65. The average molecular weight is 222 g/mol. The van der Waals surface area contributed by atoms with Gasteiger partial charge in [-0.15, -0.1) is 11.6 Å². The summed E-state index contributed by atoms with van der Waals surface area (Å²) in [7, 11) is 0. The van der Waals surface area contributed by atoms with E-state index in [0.717, 1.165) is 0 Å². The Morgan fingerprint density at radius 3 is 2.64 bits per heavy atom. The molecule has 0 aliphatic heterocycles. The molecule has 0 saturated carbocycles. The van der Waals surface area contributed by atoms with Crippen molar-refractivity contribution in [1.29, 1.82) is 0 Å². The Morgan fingerprint density at radius 1 is 1.57 bits per heavy atom. The molecule has 0 saturated heterocycles. The number of hydrogen-bond acceptors (Lipinski definition) is 2. The quantitative estimate of drug-likeness (QED) is 0.626. The molecule has 0 aliphatic carbocycles. The van der Waals surface area contributed by atoms with Gasteiger partial charge in [-0.3, -0.25) is 9.59 Å². The van der Waals surface area contributed by atoms with Crippen LogP contribution in [0.25, 0.3) is 0 Å². The fraction of sp³-hybridized carbons (Fsp3) is 0.250. The summed E-state index contributed by atoms with van der Waals surface area (Å²) in [6.45, 7) is 0. The fourth-order valence-corrected chi connectivity index (χ4v) is 1.21. The van der Waals surface area contributed by atoms with Gasteiger partial charge in [-0.25, -0.2) is 8.78 Å². The van der Waals surface area contributed by atoms with Crippen LogP contribution < -0.4 is 5.43 Å². The number of H-pyrrole nitrogens is 1. The summed E-state index contributed by atoms with van der Waals surface area (Å²) in [5.74, 6) is -0.191. The predicted molar refractivity (Wildman–Crippen MR) is 47.0 cm³/mol. The molecule has 0 spiro atoms. The van der Waals surface area contributed by atoms with Crippen molar-refractivity contribution >= 4 is 17.9 Å². The van der Waals surface area contributed by atoms with Crippen molar-refractivity contribution in [2.75, 3.05) is 0 Å². The first-order valence-corrected chi connectivity index (χ1v) is 4.19. The zero-order valence-electron chi connectivity index (χ0n) is 6.89. The fourth-order valence-electron chi connectivity index (χ4n) is 0.997. The van der Waals surface area contributed by atoms with E-state index >= 15 is 0 Å². The topological polar surface area (TPSA) is 49.9 Å². The molecular weight excluding hydrogens is 216 g/mol. The lowest BCUT2D eigenvalue weighted by Gasteiger charge is -2.04. The van der Waals surface area contributed by atoms with Crippen LogP contribution in [0.15, 0.2) is 10.9 Å². The van der Waals surface area contributed by atoms with Crippen molar-refractivity contribution in [3.8, 4) is 0 Å². The zero-order chi connectivity index (χ0) is 10.7. The minimum absolute atomic E-state index is 0.0180. The van der Waals surface area contributed by atoms with Gasteiger partial charge in [-0.05, 0) is 0 Å². The lowest BCUT2D eigenvalue weighted by molar-refractivity contribution is 0.112. The smallest absolute Gasteiger partial charge is 0.278 e. The first kappa shape index (κ1) is 10.8. The van der Waals surface area contributed by atoms with Crippen LogP contribution in [0.1, 0.15) is 28.2 Å². The minimum atomic E-state index is -2.79. The third kappa shape index (κ3) is 1.98. The van der Waals surface area contributed by atoms with Crippen molar-refractivity contribution in [2.45, 2.75) is 12.3 Å². The number of hydrogen-bond donors (Lipinski definition) is 1. The number of carbonyl (C=O) groups excluding carboxylic acids is 1. The minimum Gasteiger partial charge on any atom is -0.356 e. The van der Waals surface area contributed by atoms with Crippen molar-refractivity contribution in [1.82, 2.24) is 4.98 Å². The first-order valence-electron chi connectivity index (χ1n) is 3.65. The molecule has 0 fully saturated rings. The van der Waals surface area contributed by atoms with Crippen molar-refractivity contribution in [3.05, 3.63) is 33.2 Å². The Hall–Kier alpha value is -1.23. The Balaban J connectivity index is 3.39. The molecule has 14 heavy (non-hydrogen) atoms. The Labute approximate surface area is 82.7 Å². The number of pyridine rings is 1. The van der Waals surface area contributed by atoms with Gasteiger partial charge in [0.25, 0.3) is 6.43 Å². The maximum Gasteiger partial charge on any atom is 0.278 e. The van der Waals surface area contributed by atoms with Gasteiger partial charge >= 0.3 is 0 Å². The van der Waals surface area contributed by atoms with Gasteiger partial charge < -0.3 is 4.98 Å². The number of aromatic nitrogens is 1. The van der Waals surface area contributed by atoms with Gasteiger partial charge in [0.1, 0.15) is 0 Å². The lowest BCUT2D eigenvalue weighted by Crippen LogP contribution is -2.14. The molecule has 0 radical (unpaired) electrons. The van der Waals surface area contributed by atoms with Gasteiger partial charge in [-0.2, -0.15) is 0 Å². The van der Waals surface area contributed by atoms with Crippen molar-refractivity contribution in [2.24, 2.45) is 0 Å². The number of rotatable bonds is 3. The lowest BCUT2D eigenvalue weighted by atomic mass is 10.2. The standard InChI is InChI=1S/C8H6ClF2NO2/c9-2-6-4(3-13)7(14)1-5(12-6)8(10)11/h1,3,8H,2H2,(H,12,14). The molecule has 1 heterocycles. The summed E-state index contributed by atoms with van der Waals surface area (Å²) in [5, 5.41) is 0. The maximum atomic E-state index is 12.2. The Morgan fingerprint density at radius 2 is 2.21 bits per heavy atom. The SMILES string of the molecule is O=Cc1c(CCl)[nH]c(C(F)F)cc1=O. The number of nitrogens with one attached hydrogen (secondary N) is 1. The molecule has 1 aromatic rings. The Bertz CT molecular complexity index is 403. The highest BCUT2D eigenvalue weighted by Crippen LogP contribution is 2.16. The van der Waals surface area contributed by atoms with Gasteiger partial charge in [-0.1, -0.05) is 0 Å². The molecule has 0 atom stereocenters. The van der Waals surface area contributed by atoms with Gasteiger partial charge in [0, 0.05) is 11.8 Å². The van der Waals surface area contributed by atoms with E-state index in [4.69, 9.17) is 11.6 Å². The molecule has 0 amide bonds. The highest BCUT2D eigenvalue weighted by Gasteiger charge is 2.13. The van der Waals surface area contributed by atoms with Crippen LogP contribution >= 0.6 is 11.6 Å². The molecule has 0 bridgehead atoms. The second kappa shape index (κ2) is 4.32. The summed E-state index contributed by atoms with van der Waals surface area (Å²) in [5.41, 5.74) is -1.46. The van der Waals surface area contributed by atoms with Crippen LogP contribution in [-0.4, -0.2) is 11.3 Å². The maximum absolute atomic E-state index is 12.2. The number of aromatic amines is 1. The summed E-state index contributed by atoms with van der Waals surface area (Å²) >= 11 is 5.39. The van der Waals surface area contributed by atoms with Crippen LogP contribution in [0, 0.1) is 0 Å². The van der Waals surface area contributed by atoms with Crippen LogP contribution in [0.5, 0.6) is 0 Å². The van der Waals surface area contributed by atoms with Crippen LogP contribution in [0.2, 0.25) is 0 Å². The van der Waals surface area contributed by atoms with E-state index < -0.39 is 17.5 Å². The van der Waals surface area contributed by atoms with Gasteiger partial charge in [0.2, 0.25) is 0 Å². The third-order valence-corrected chi connectivity index (χ3v) is 1.93. The molecule has 6 heteroatoms. The van der Waals surface area contributed by atoms with Crippen molar-refractivity contribution < 1.29 is 13.6 Å². The number of halogens is 3. The Kier molecular flexibility index (Phi) is 3.35. The molecule has 3 nitrogen and oxygen atoms in total. The van der Waals surface area contributed by atoms with Crippen LogP contribution in [-0.2, 0) is 5.88 Å². The van der Waals surface area contributed by atoms with Crippen LogP contribution in [0.4, 0.5) is 8.78 Å². The van der Waals surface area contributed by atoms with Gasteiger partial charge in [0.15, 0.2) is 11.7 Å². The predicted octanol–water partition coefficient (Wildman–Crippen LogP) is 1.86. The summed E-state index contributed by atoms with van der Waals surface area (Å²) in [6, 6.07) is 0.699. The molecule has 76 valence electrons. The van der Waals surface area contributed by atoms with Crippen LogP contribution in [0.3, 0.4) is 0 Å². The first-order chi connectivity index (χ1) is 6.60. The molecule has 0 unspecified atom stereocenters. The van der Waals surface area contributed by atoms with E-state index in [-0.39, 0.29) is 17.1 Å². The van der Waals surface area contributed by atoms with E-state index in [2.05, 4.69) is 4.98 Å². The number of alkyl halides is 3. The highest BCUT2D eigenvalue weighted by atomic mass is 35.5. The molecule has 1 rings (SSSR count). The normalized spacial score (nSPS) is 10.6. The second-order valence-electron chi connectivity index (χ2n) is 2.53. The summed E-state index contributed by atoms with van der Waals surface area (Å²) < 4.78 is 24.4. The third-order valence-electron chi connectivity index (χ3n) is 1.66. The van der Waals surface area contributed by atoms with Gasteiger partial charge in [0.05, 0.1) is 17.1 Å². The summed E-state index contributed by atoms with van der Waals surface area (Å²) in [6.07, 6.45) is -2.49. The van der Waals surface area contributed by atoms with E-state index in [1.165, 1.54) is 0 Å². The molecule has 1 N–H and O–H groups in total. The monoisotopic (exact) mass is 221 g/mol. The molecule has 1 aromatic heterocycles. The largest absolute Gasteiger partial charge is 0.356 e. The average Bonchev–Trinajstić information content (AvgIpc) is 2.16. The highest BCUT2D eigenvalue weighted by molar-refractivity contribution is 6.17.